The zero-order chi connectivity index (χ0) is 24.0. The van der Waals surface area contributed by atoms with Gasteiger partial charge in [-0.2, -0.15) is 5.26 Å². The van der Waals surface area contributed by atoms with Gasteiger partial charge < -0.3 is 9.64 Å². The molecule has 2 aromatic rings. The zero-order valence-corrected chi connectivity index (χ0v) is 21.3. The van der Waals surface area contributed by atoms with Gasteiger partial charge >= 0.3 is 0 Å². The molecule has 0 radical (unpaired) electrons. The van der Waals surface area contributed by atoms with Gasteiger partial charge in [-0.05, 0) is 50.7 Å². The molecule has 5 unspecified atom stereocenters. The van der Waals surface area contributed by atoms with Gasteiger partial charge in [0.25, 0.3) is 0 Å². The van der Waals surface area contributed by atoms with E-state index in [1.54, 1.807) is 12.4 Å². The Labute approximate surface area is 214 Å². The van der Waals surface area contributed by atoms with E-state index in [0.717, 1.165) is 42.8 Å². The molecule has 5 rings (SSSR count). The molecule has 2 aromatic heterocycles. The van der Waals surface area contributed by atoms with Crippen LogP contribution in [0.3, 0.4) is 0 Å². The molecule has 7 nitrogen and oxygen atoms in total. The van der Waals surface area contributed by atoms with Crippen molar-refractivity contribution in [3.63, 3.8) is 0 Å². The van der Waals surface area contributed by atoms with E-state index in [0.29, 0.717) is 21.7 Å². The maximum atomic E-state index is 9.79. The van der Waals surface area contributed by atoms with E-state index in [1.807, 2.05) is 19.2 Å². The van der Waals surface area contributed by atoms with E-state index >= 15 is 0 Å². The summed E-state index contributed by atoms with van der Waals surface area (Å²) in [6, 6.07) is 4.94. The van der Waals surface area contributed by atoms with Crippen molar-refractivity contribution in [2.24, 2.45) is 5.92 Å². The molecule has 2 aliphatic heterocycles. The first-order valence-corrected chi connectivity index (χ1v) is 12.8. The van der Waals surface area contributed by atoms with Gasteiger partial charge in [0.15, 0.2) is 0 Å². The standard InChI is InChI=1S/C24H27Cl3N6O/c1-12-3-4-33(12)24-14(8-28)5-15(9-30-24)23-16-6-21(17(25)7-20(16)31-32-23)34-13(2)22-18(26)10-29-11-19(22)27/h5,9-13,16-17,20-21,23,31-32H,3-4,6-7H2,1-2H3/t12-,13-,16?,17?,20?,21?,23?/m1/s1. The Balaban J connectivity index is 1.34. The molecule has 1 aliphatic carbocycles. The highest BCUT2D eigenvalue weighted by molar-refractivity contribution is 6.35. The Morgan fingerprint density at radius 2 is 1.97 bits per heavy atom. The Morgan fingerprint density at radius 3 is 2.62 bits per heavy atom. The number of pyridine rings is 2. The van der Waals surface area contributed by atoms with E-state index in [1.165, 1.54) is 0 Å². The summed E-state index contributed by atoms with van der Waals surface area (Å²) in [4.78, 5) is 10.9. The van der Waals surface area contributed by atoms with Crippen molar-refractivity contribution in [3.05, 3.63) is 51.4 Å². The average molecular weight is 522 g/mol. The number of anilines is 1. The molecule has 10 heteroatoms. The quantitative estimate of drug-likeness (QED) is 0.539. The van der Waals surface area contributed by atoms with Crippen LogP contribution < -0.4 is 15.8 Å². The predicted octanol–water partition coefficient (Wildman–Crippen LogP) is 4.93. The molecular formula is C24H27Cl3N6O. The summed E-state index contributed by atoms with van der Waals surface area (Å²) in [6.45, 7) is 5.03. The van der Waals surface area contributed by atoms with Crippen LogP contribution in [0.25, 0.3) is 0 Å². The van der Waals surface area contributed by atoms with E-state index in [4.69, 9.17) is 39.5 Å². The lowest BCUT2D eigenvalue weighted by atomic mass is 9.78. The Kier molecular flexibility index (Phi) is 6.91. The Hall–Kier alpha value is -1.66. The summed E-state index contributed by atoms with van der Waals surface area (Å²) in [5.41, 5.74) is 9.16. The summed E-state index contributed by atoms with van der Waals surface area (Å²) in [5.74, 6) is 1.01. The number of hydrogen-bond donors (Lipinski definition) is 2. The van der Waals surface area contributed by atoms with Crippen molar-refractivity contribution in [2.75, 3.05) is 11.4 Å². The first-order chi connectivity index (χ1) is 16.4. The number of fused-ring (bicyclic) bond motifs is 1. The molecule has 1 saturated carbocycles. The SMILES string of the molecule is C[C@@H]1CCN1c1ncc(C2NNC3CC(Cl)C(O[C@H](C)c4c(Cl)cncc4Cl)CC32)cc1C#N. The van der Waals surface area contributed by atoms with Crippen LogP contribution in [0.5, 0.6) is 0 Å². The van der Waals surface area contributed by atoms with Crippen LogP contribution in [-0.4, -0.2) is 40.1 Å². The lowest BCUT2D eigenvalue weighted by Crippen LogP contribution is -2.46. The van der Waals surface area contributed by atoms with Gasteiger partial charge in [-0.1, -0.05) is 23.2 Å². The van der Waals surface area contributed by atoms with Crippen molar-refractivity contribution < 1.29 is 4.74 Å². The van der Waals surface area contributed by atoms with Gasteiger partial charge in [0.1, 0.15) is 11.9 Å². The fourth-order valence-electron chi connectivity index (χ4n) is 5.38. The minimum absolute atomic E-state index is 0.00568. The highest BCUT2D eigenvalue weighted by Crippen LogP contribution is 2.43. The maximum Gasteiger partial charge on any atom is 0.146 e. The second kappa shape index (κ2) is 9.77. The number of alkyl halides is 1. The zero-order valence-electron chi connectivity index (χ0n) is 19.0. The number of aromatic nitrogens is 2. The highest BCUT2D eigenvalue weighted by atomic mass is 35.5. The minimum atomic E-state index is -0.323. The summed E-state index contributed by atoms with van der Waals surface area (Å²) in [5, 5.41) is 10.6. The van der Waals surface area contributed by atoms with Crippen LogP contribution in [0, 0.1) is 17.2 Å². The number of rotatable bonds is 5. The first-order valence-electron chi connectivity index (χ1n) is 11.6. The first kappa shape index (κ1) is 24.1. The van der Waals surface area contributed by atoms with Crippen LogP contribution in [-0.2, 0) is 4.74 Å². The molecule has 2 N–H and O–H groups in total. The van der Waals surface area contributed by atoms with Gasteiger partial charge in [0.2, 0.25) is 0 Å². The number of nitrogens with zero attached hydrogens (tertiary/aromatic N) is 4. The Bertz CT molecular complexity index is 1090. The van der Waals surface area contributed by atoms with Gasteiger partial charge in [-0.15, -0.1) is 11.6 Å². The van der Waals surface area contributed by atoms with Crippen molar-refractivity contribution in [1.29, 1.82) is 5.26 Å². The largest absolute Gasteiger partial charge is 0.369 e. The van der Waals surface area contributed by atoms with Crippen LogP contribution in [0.4, 0.5) is 5.82 Å². The highest BCUT2D eigenvalue weighted by Gasteiger charge is 2.45. The van der Waals surface area contributed by atoms with Crippen LogP contribution in [0.2, 0.25) is 10.0 Å². The molecular weight excluding hydrogens is 495 g/mol. The number of nitrogens with one attached hydrogen (secondary N) is 2. The van der Waals surface area contributed by atoms with Crippen molar-refractivity contribution in [1.82, 2.24) is 20.8 Å². The van der Waals surface area contributed by atoms with Gasteiger partial charge in [-0.25, -0.2) is 10.4 Å². The topological polar surface area (TPSA) is 86.1 Å². The summed E-state index contributed by atoms with van der Waals surface area (Å²) >= 11 is 19.4. The average Bonchev–Trinajstić information content (AvgIpc) is 3.21. The second-order valence-corrected chi connectivity index (χ2v) is 10.8. The summed E-state index contributed by atoms with van der Waals surface area (Å²) in [6.07, 6.45) is 7.18. The predicted molar refractivity (Wildman–Crippen MR) is 133 cm³/mol. The molecule has 0 aromatic carbocycles. The van der Waals surface area contributed by atoms with E-state index in [2.05, 4.69) is 38.7 Å². The molecule has 3 fully saturated rings. The lowest BCUT2D eigenvalue weighted by molar-refractivity contribution is -0.0343. The third-order valence-corrected chi connectivity index (χ3v) is 8.45. The normalized spacial score (nSPS) is 31.5. The minimum Gasteiger partial charge on any atom is -0.369 e. The molecule has 0 spiro atoms. The van der Waals surface area contributed by atoms with Crippen LogP contribution in [0.1, 0.15) is 61.9 Å². The van der Waals surface area contributed by atoms with Crippen LogP contribution >= 0.6 is 34.8 Å². The van der Waals surface area contributed by atoms with Gasteiger partial charge in [-0.3, -0.25) is 10.4 Å². The molecule has 2 saturated heterocycles. The van der Waals surface area contributed by atoms with Crippen molar-refractivity contribution >= 4 is 40.6 Å². The van der Waals surface area contributed by atoms with Crippen molar-refractivity contribution in [3.8, 4) is 6.07 Å². The maximum absolute atomic E-state index is 9.79. The smallest absolute Gasteiger partial charge is 0.146 e. The number of hydrogen-bond acceptors (Lipinski definition) is 7. The monoisotopic (exact) mass is 520 g/mol. The summed E-state index contributed by atoms with van der Waals surface area (Å²) < 4.78 is 6.41. The molecule has 3 aliphatic rings. The number of ether oxygens (including phenoxy) is 1. The van der Waals surface area contributed by atoms with Crippen molar-refractivity contribution in [2.45, 2.75) is 68.8 Å². The third kappa shape index (κ3) is 4.37. The molecule has 0 amide bonds. The molecule has 180 valence electrons. The number of hydrazine groups is 1. The van der Waals surface area contributed by atoms with E-state index < -0.39 is 0 Å². The number of nitriles is 1. The van der Waals surface area contributed by atoms with E-state index in [9.17, 15) is 5.26 Å². The van der Waals surface area contributed by atoms with Gasteiger partial charge in [0, 0.05) is 42.8 Å². The Morgan fingerprint density at radius 1 is 1.21 bits per heavy atom. The third-order valence-electron chi connectivity index (χ3n) is 7.39. The number of halogens is 3. The van der Waals surface area contributed by atoms with Gasteiger partial charge in [0.05, 0.1) is 39.2 Å². The van der Waals surface area contributed by atoms with E-state index in [-0.39, 0.29) is 35.6 Å². The lowest BCUT2D eigenvalue weighted by Gasteiger charge is -2.40. The summed E-state index contributed by atoms with van der Waals surface area (Å²) in [7, 11) is 0. The molecule has 0 bridgehead atoms. The fourth-order valence-corrected chi connectivity index (χ4v) is 6.41. The molecule has 4 heterocycles. The van der Waals surface area contributed by atoms with Crippen LogP contribution in [0.15, 0.2) is 24.7 Å². The second-order valence-electron chi connectivity index (χ2n) is 9.44. The molecule has 7 atom stereocenters. The molecule has 34 heavy (non-hydrogen) atoms. The fraction of sp³-hybridized carbons (Fsp3) is 0.542.